The van der Waals surface area contributed by atoms with E-state index in [4.69, 9.17) is 0 Å². The van der Waals surface area contributed by atoms with Crippen molar-refractivity contribution in [2.45, 2.75) is 25.8 Å². The summed E-state index contributed by atoms with van der Waals surface area (Å²) in [5, 5.41) is 0. The van der Waals surface area contributed by atoms with Gasteiger partial charge in [0.1, 0.15) is 0 Å². The molecular formula is C8H15N. The molecule has 0 aromatic rings. The van der Waals surface area contributed by atoms with Gasteiger partial charge in [-0.15, -0.1) is 0 Å². The van der Waals surface area contributed by atoms with Gasteiger partial charge in [0.05, 0.1) is 0 Å². The van der Waals surface area contributed by atoms with Gasteiger partial charge in [-0.2, -0.15) is 0 Å². The van der Waals surface area contributed by atoms with Crippen LogP contribution < -0.4 is 0 Å². The number of likely N-dealkylation sites (N-methyl/N-ethyl adjacent to an activating group) is 1. The summed E-state index contributed by atoms with van der Waals surface area (Å²) in [6, 6.07) is 0.713. The Balaban J connectivity index is 2.47. The van der Waals surface area contributed by atoms with Gasteiger partial charge < -0.3 is 4.90 Å². The molecule has 1 aliphatic rings. The van der Waals surface area contributed by atoms with E-state index in [1.165, 1.54) is 12.8 Å². The van der Waals surface area contributed by atoms with Crippen molar-refractivity contribution in [2.24, 2.45) is 0 Å². The smallest absolute Gasteiger partial charge is 0.0277 e. The molecular weight excluding hydrogens is 110 g/mol. The van der Waals surface area contributed by atoms with E-state index in [0.29, 0.717) is 6.04 Å². The predicted octanol–water partition coefficient (Wildman–Crippen LogP) is 1.66. The lowest BCUT2D eigenvalue weighted by Gasteiger charge is -2.15. The van der Waals surface area contributed by atoms with E-state index in [-0.39, 0.29) is 0 Å². The Kier molecular flexibility index (Phi) is 1.91. The third-order valence-electron chi connectivity index (χ3n) is 1.97. The average Bonchev–Trinajstić information content (AvgIpc) is 2.14. The van der Waals surface area contributed by atoms with Gasteiger partial charge in [-0.05, 0) is 33.9 Å². The van der Waals surface area contributed by atoms with E-state index in [2.05, 4.69) is 32.0 Å². The fourth-order valence-corrected chi connectivity index (χ4v) is 1.28. The normalized spacial score (nSPS) is 27.1. The molecule has 0 aliphatic heterocycles. The Labute approximate surface area is 57.4 Å². The minimum Gasteiger partial charge on any atom is -0.303 e. The van der Waals surface area contributed by atoms with Gasteiger partial charge in [0.15, 0.2) is 0 Å². The molecule has 52 valence electrons. The first-order valence-corrected chi connectivity index (χ1v) is 3.54. The lowest BCUT2D eigenvalue weighted by atomic mass is 10.2. The number of nitrogens with zero attached hydrogens (tertiary/aromatic N) is 1. The monoisotopic (exact) mass is 125 g/mol. The summed E-state index contributed by atoms with van der Waals surface area (Å²) in [5.74, 6) is 0. The van der Waals surface area contributed by atoms with E-state index in [1.807, 2.05) is 0 Å². The van der Waals surface area contributed by atoms with Gasteiger partial charge in [0, 0.05) is 6.04 Å². The largest absolute Gasteiger partial charge is 0.303 e. The van der Waals surface area contributed by atoms with Crippen LogP contribution in [0.25, 0.3) is 0 Å². The van der Waals surface area contributed by atoms with Gasteiger partial charge in [-0.1, -0.05) is 11.6 Å². The van der Waals surface area contributed by atoms with Crippen molar-refractivity contribution in [3.63, 3.8) is 0 Å². The number of hydrogen-bond acceptors (Lipinski definition) is 1. The lowest BCUT2D eigenvalue weighted by Crippen LogP contribution is -2.23. The van der Waals surface area contributed by atoms with E-state index in [9.17, 15) is 0 Å². The molecule has 0 aromatic carbocycles. The molecule has 0 aromatic heterocycles. The maximum atomic E-state index is 2.36. The van der Waals surface area contributed by atoms with Gasteiger partial charge in [-0.25, -0.2) is 0 Å². The van der Waals surface area contributed by atoms with Crippen LogP contribution in [0, 0.1) is 0 Å². The van der Waals surface area contributed by atoms with Gasteiger partial charge in [-0.3, -0.25) is 0 Å². The molecule has 1 rings (SSSR count). The highest BCUT2D eigenvalue weighted by Gasteiger charge is 2.13. The highest BCUT2D eigenvalue weighted by molar-refractivity contribution is 5.11. The topological polar surface area (TPSA) is 3.24 Å². The van der Waals surface area contributed by atoms with Crippen molar-refractivity contribution in [1.29, 1.82) is 0 Å². The Morgan fingerprint density at radius 2 is 2.22 bits per heavy atom. The summed E-state index contributed by atoms with van der Waals surface area (Å²) in [6.07, 6.45) is 4.97. The zero-order chi connectivity index (χ0) is 6.85. The Morgan fingerprint density at radius 1 is 1.56 bits per heavy atom. The third kappa shape index (κ3) is 1.55. The fourth-order valence-electron chi connectivity index (χ4n) is 1.28. The fraction of sp³-hybridized carbons (Fsp3) is 0.750. The van der Waals surface area contributed by atoms with Crippen LogP contribution in [0.4, 0.5) is 0 Å². The molecule has 9 heavy (non-hydrogen) atoms. The van der Waals surface area contributed by atoms with Crippen molar-refractivity contribution in [3.8, 4) is 0 Å². The third-order valence-corrected chi connectivity index (χ3v) is 1.97. The zero-order valence-electron chi connectivity index (χ0n) is 6.52. The maximum Gasteiger partial charge on any atom is 0.0277 e. The van der Waals surface area contributed by atoms with Gasteiger partial charge in [0.25, 0.3) is 0 Å². The molecule has 0 radical (unpaired) electrons. The van der Waals surface area contributed by atoms with Crippen molar-refractivity contribution in [3.05, 3.63) is 11.6 Å². The van der Waals surface area contributed by atoms with Gasteiger partial charge >= 0.3 is 0 Å². The zero-order valence-corrected chi connectivity index (χ0v) is 6.52. The molecule has 0 unspecified atom stereocenters. The first-order chi connectivity index (χ1) is 4.20. The number of allylic oxidation sites excluding steroid dienone is 1. The van der Waals surface area contributed by atoms with Crippen LogP contribution in [0.5, 0.6) is 0 Å². The van der Waals surface area contributed by atoms with Crippen molar-refractivity contribution in [1.82, 2.24) is 4.90 Å². The summed E-state index contributed by atoms with van der Waals surface area (Å²) < 4.78 is 0. The van der Waals surface area contributed by atoms with Crippen LogP contribution in [0.3, 0.4) is 0 Å². The molecule has 1 heteroatoms. The number of hydrogen-bond donors (Lipinski definition) is 0. The summed E-state index contributed by atoms with van der Waals surface area (Å²) in [7, 11) is 4.28. The average molecular weight is 125 g/mol. The summed E-state index contributed by atoms with van der Waals surface area (Å²) in [4.78, 5) is 2.27. The molecule has 0 N–H and O–H groups in total. The standard InChI is InChI=1S/C8H15N/c1-7-4-5-8(6-7)9(2)3/h6,8H,4-5H2,1-3H3/t8-/m0/s1. The van der Waals surface area contributed by atoms with E-state index in [1.54, 1.807) is 5.57 Å². The Morgan fingerprint density at radius 3 is 2.44 bits per heavy atom. The molecule has 0 amide bonds. The van der Waals surface area contributed by atoms with Crippen LogP contribution in [-0.4, -0.2) is 25.0 Å². The molecule has 0 fully saturated rings. The van der Waals surface area contributed by atoms with Crippen LogP contribution in [0.15, 0.2) is 11.6 Å². The summed E-state index contributed by atoms with van der Waals surface area (Å²) in [5.41, 5.74) is 1.55. The molecule has 1 atom stereocenters. The van der Waals surface area contributed by atoms with Crippen LogP contribution in [0.2, 0.25) is 0 Å². The minimum absolute atomic E-state index is 0.713. The summed E-state index contributed by atoms with van der Waals surface area (Å²) in [6.45, 7) is 2.21. The van der Waals surface area contributed by atoms with Crippen LogP contribution in [0.1, 0.15) is 19.8 Å². The van der Waals surface area contributed by atoms with Crippen LogP contribution >= 0.6 is 0 Å². The quantitative estimate of drug-likeness (QED) is 0.482. The molecule has 0 spiro atoms. The first kappa shape index (κ1) is 6.81. The minimum atomic E-state index is 0.713. The predicted molar refractivity (Wildman–Crippen MR) is 40.5 cm³/mol. The molecule has 0 saturated heterocycles. The second kappa shape index (κ2) is 2.53. The Hall–Kier alpha value is -0.300. The van der Waals surface area contributed by atoms with E-state index >= 15 is 0 Å². The molecule has 0 heterocycles. The van der Waals surface area contributed by atoms with Gasteiger partial charge in [0.2, 0.25) is 0 Å². The maximum absolute atomic E-state index is 2.36. The summed E-state index contributed by atoms with van der Waals surface area (Å²) >= 11 is 0. The first-order valence-electron chi connectivity index (χ1n) is 3.54. The highest BCUT2D eigenvalue weighted by Crippen LogP contribution is 2.19. The SMILES string of the molecule is CC1=C[C@@H](N(C)C)CC1. The molecule has 0 saturated carbocycles. The second-order valence-corrected chi connectivity index (χ2v) is 3.08. The van der Waals surface area contributed by atoms with Crippen molar-refractivity contribution < 1.29 is 0 Å². The molecule has 1 aliphatic carbocycles. The van der Waals surface area contributed by atoms with Crippen molar-refractivity contribution >= 4 is 0 Å². The van der Waals surface area contributed by atoms with Crippen LogP contribution in [-0.2, 0) is 0 Å². The lowest BCUT2D eigenvalue weighted by molar-refractivity contribution is 0.340. The number of rotatable bonds is 1. The highest BCUT2D eigenvalue weighted by atomic mass is 15.1. The Bertz CT molecular complexity index is 125. The molecule has 0 bridgehead atoms. The van der Waals surface area contributed by atoms with E-state index in [0.717, 1.165) is 0 Å². The van der Waals surface area contributed by atoms with Crippen molar-refractivity contribution in [2.75, 3.05) is 14.1 Å². The molecule has 1 nitrogen and oxygen atoms in total. The second-order valence-electron chi connectivity index (χ2n) is 3.08. The van der Waals surface area contributed by atoms with E-state index < -0.39 is 0 Å².